The number of hydrogen-bond donors (Lipinski definition) is 1. The quantitative estimate of drug-likeness (QED) is 0.869. The summed E-state index contributed by atoms with van der Waals surface area (Å²) in [6.07, 6.45) is 9.57. The molecular weight excluding hydrogens is 210 g/mol. The number of imidazole rings is 1. The molecule has 0 spiro atoms. The molecule has 3 nitrogen and oxygen atoms in total. The van der Waals surface area contributed by atoms with Crippen molar-refractivity contribution >= 4 is 0 Å². The summed E-state index contributed by atoms with van der Waals surface area (Å²) < 4.78 is 2.44. The van der Waals surface area contributed by atoms with Gasteiger partial charge in [-0.05, 0) is 38.6 Å². The highest BCUT2D eigenvalue weighted by molar-refractivity contribution is 5.18. The minimum atomic E-state index is 0.286. The van der Waals surface area contributed by atoms with Gasteiger partial charge in [-0.1, -0.05) is 13.3 Å². The van der Waals surface area contributed by atoms with Gasteiger partial charge in [-0.2, -0.15) is 0 Å². The second-order valence-electron chi connectivity index (χ2n) is 6.11. The largest absolute Gasteiger partial charge is 0.331 e. The van der Waals surface area contributed by atoms with Crippen molar-refractivity contribution in [3.8, 4) is 0 Å². The number of hydrogen-bond acceptors (Lipinski definition) is 2. The zero-order valence-electron chi connectivity index (χ0n) is 10.9. The molecule has 0 aromatic carbocycles. The molecule has 1 saturated carbocycles. The first kappa shape index (κ1) is 11.3. The lowest BCUT2D eigenvalue weighted by molar-refractivity contribution is 0.215. The molecule has 1 aromatic heterocycles. The fourth-order valence-electron chi connectivity index (χ4n) is 3.28. The Bertz CT molecular complexity index is 386. The van der Waals surface area contributed by atoms with Crippen LogP contribution < -0.4 is 5.32 Å². The van der Waals surface area contributed by atoms with Crippen LogP contribution >= 0.6 is 0 Å². The highest BCUT2D eigenvalue weighted by Gasteiger charge is 2.35. The fourth-order valence-corrected chi connectivity index (χ4v) is 3.28. The second kappa shape index (κ2) is 4.13. The van der Waals surface area contributed by atoms with Crippen molar-refractivity contribution < 1.29 is 0 Å². The Hall–Kier alpha value is -0.830. The molecule has 2 unspecified atom stereocenters. The average Bonchev–Trinajstić information content (AvgIpc) is 2.83. The first-order chi connectivity index (χ1) is 8.21. The minimum Gasteiger partial charge on any atom is -0.331 e. The smallest absolute Gasteiger partial charge is 0.0950 e. The van der Waals surface area contributed by atoms with Crippen molar-refractivity contribution in [3.63, 3.8) is 0 Å². The summed E-state index contributed by atoms with van der Waals surface area (Å²) >= 11 is 0. The van der Waals surface area contributed by atoms with Crippen LogP contribution in [0.15, 0.2) is 12.5 Å². The van der Waals surface area contributed by atoms with E-state index >= 15 is 0 Å². The zero-order chi connectivity index (χ0) is 11.9. The standard InChI is InChI=1S/C14H23N3/c1-11(12-4-3-5-12)17-10-16-8-13(17)14(2)6-7-15-9-14/h8,10-12,15H,3-7,9H2,1-2H3. The molecule has 3 rings (SSSR count). The van der Waals surface area contributed by atoms with Crippen LogP contribution in [0.3, 0.4) is 0 Å². The molecule has 2 atom stereocenters. The summed E-state index contributed by atoms with van der Waals surface area (Å²) in [5.74, 6) is 0.876. The van der Waals surface area contributed by atoms with Gasteiger partial charge in [0.05, 0.1) is 6.33 Å². The first-order valence-electron chi connectivity index (χ1n) is 6.94. The third-order valence-electron chi connectivity index (χ3n) is 4.92. The van der Waals surface area contributed by atoms with Crippen LogP contribution in [0.4, 0.5) is 0 Å². The van der Waals surface area contributed by atoms with E-state index in [9.17, 15) is 0 Å². The third-order valence-corrected chi connectivity index (χ3v) is 4.92. The predicted molar refractivity (Wildman–Crippen MR) is 69.1 cm³/mol. The Balaban J connectivity index is 1.87. The monoisotopic (exact) mass is 233 g/mol. The molecule has 94 valence electrons. The summed E-state index contributed by atoms with van der Waals surface area (Å²) in [6, 6.07) is 0.624. The maximum absolute atomic E-state index is 4.41. The topological polar surface area (TPSA) is 29.9 Å². The minimum absolute atomic E-state index is 0.286. The van der Waals surface area contributed by atoms with Gasteiger partial charge in [0.15, 0.2) is 0 Å². The number of aromatic nitrogens is 2. The molecule has 0 bridgehead atoms. The van der Waals surface area contributed by atoms with Crippen molar-refractivity contribution in [3.05, 3.63) is 18.2 Å². The normalized spacial score (nSPS) is 31.4. The van der Waals surface area contributed by atoms with Crippen LogP contribution in [-0.4, -0.2) is 22.6 Å². The molecule has 2 heterocycles. The number of nitrogens with one attached hydrogen (secondary N) is 1. The Morgan fingerprint density at radius 1 is 1.53 bits per heavy atom. The highest BCUT2D eigenvalue weighted by Crippen LogP contribution is 2.39. The highest BCUT2D eigenvalue weighted by atomic mass is 15.1. The van der Waals surface area contributed by atoms with Gasteiger partial charge in [-0.3, -0.25) is 0 Å². The van der Waals surface area contributed by atoms with Crippen molar-refractivity contribution in [2.45, 2.75) is 51.0 Å². The van der Waals surface area contributed by atoms with Crippen molar-refractivity contribution in [1.82, 2.24) is 14.9 Å². The third kappa shape index (κ3) is 1.81. The average molecular weight is 233 g/mol. The van der Waals surface area contributed by atoms with Gasteiger partial charge in [0.25, 0.3) is 0 Å². The zero-order valence-corrected chi connectivity index (χ0v) is 10.9. The van der Waals surface area contributed by atoms with Crippen LogP contribution in [0.25, 0.3) is 0 Å². The van der Waals surface area contributed by atoms with Crippen LogP contribution in [-0.2, 0) is 5.41 Å². The van der Waals surface area contributed by atoms with Gasteiger partial charge in [-0.15, -0.1) is 0 Å². The molecule has 0 radical (unpaired) electrons. The fraction of sp³-hybridized carbons (Fsp3) is 0.786. The number of rotatable bonds is 3. The van der Waals surface area contributed by atoms with E-state index in [4.69, 9.17) is 0 Å². The van der Waals surface area contributed by atoms with E-state index in [1.54, 1.807) is 0 Å². The number of nitrogens with zero attached hydrogens (tertiary/aromatic N) is 2. The molecule has 17 heavy (non-hydrogen) atoms. The van der Waals surface area contributed by atoms with Gasteiger partial charge >= 0.3 is 0 Å². The molecule has 2 fully saturated rings. The maximum Gasteiger partial charge on any atom is 0.0950 e. The molecule has 1 aromatic rings. The van der Waals surface area contributed by atoms with Gasteiger partial charge in [0.1, 0.15) is 0 Å². The van der Waals surface area contributed by atoms with E-state index in [2.05, 4.69) is 34.9 Å². The molecule has 0 amide bonds. The predicted octanol–water partition coefficient (Wildman–Crippen LogP) is 2.50. The molecule has 3 heteroatoms. The maximum atomic E-state index is 4.41. The lowest BCUT2D eigenvalue weighted by atomic mass is 9.79. The molecule has 2 aliphatic rings. The van der Waals surface area contributed by atoms with E-state index in [-0.39, 0.29) is 5.41 Å². The molecule has 1 saturated heterocycles. The summed E-state index contributed by atoms with van der Waals surface area (Å²) in [5, 5.41) is 3.48. The van der Waals surface area contributed by atoms with Crippen LogP contribution in [0.1, 0.15) is 51.3 Å². The summed E-state index contributed by atoms with van der Waals surface area (Å²) in [7, 11) is 0. The van der Waals surface area contributed by atoms with Crippen molar-refractivity contribution in [1.29, 1.82) is 0 Å². The van der Waals surface area contributed by atoms with Crippen LogP contribution in [0.2, 0.25) is 0 Å². The van der Waals surface area contributed by atoms with Gasteiger partial charge in [0.2, 0.25) is 0 Å². The van der Waals surface area contributed by atoms with Crippen LogP contribution in [0, 0.1) is 5.92 Å². The Kier molecular flexibility index (Phi) is 2.74. The van der Waals surface area contributed by atoms with Crippen molar-refractivity contribution in [2.75, 3.05) is 13.1 Å². The van der Waals surface area contributed by atoms with E-state index in [1.165, 1.54) is 31.4 Å². The molecular formula is C14H23N3. The Morgan fingerprint density at radius 2 is 2.35 bits per heavy atom. The SMILES string of the molecule is CC(C1CCC1)n1cncc1C1(C)CCNC1. The molecule has 1 N–H and O–H groups in total. The Labute approximate surface area is 104 Å². The summed E-state index contributed by atoms with van der Waals surface area (Å²) in [5.41, 5.74) is 1.72. The molecule has 1 aliphatic carbocycles. The van der Waals surface area contributed by atoms with E-state index in [0.29, 0.717) is 6.04 Å². The van der Waals surface area contributed by atoms with Gasteiger partial charge in [0, 0.05) is 29.9 Å². The van der Waals surface area contributed by atoms with Gasteiger partial charge < -0.3 is 9.88 Å². The lowest BCUT2D eigenvalue weighted by Gasteiger charge is -2.35. The van der Waals surface area contributed by atoms with Crippen molar-refractivity contribution in [2.24, 2.45) is 5.92 Å². The van der Waals surface area contributed by atoms with Gasteiger partial charge in [-0.25, -0.2) is 4.98 Å². The molecule has 1 aliphatic heterocycles. The summed E-state index contributed by atoms with van der Waals surface area (Å²) in [4.78, 5) is 4.41. The van der Waals surface area contributed by atoms with E-state index in [0.717, 1.165) is 19.0 Å². The first-order valence-corrected chi connectivity index (χ1v) is 6.94. The summed E-state index contributed by atoms with van der Waals surface area (Å²) in [6.45, 7) is 6.96. The van der Waals surface area contributed by atoms with Crippen LogP contribution in [0.5, 0.6) is 0 Å². The second-order valence-corrected chi connectivity index (χ2v) is 6.11. The van der Waals surface area contributed by atoms with E-state index < -0.39 is 0 Å². The Morgan fingerprint density at radius 3 is 2.94 bits per heavy atom. The lowest BCUT2D eigenvalue weighted by Crippen LogP contribution is -2.31. The van der Waals surface area contributed by atoms with E-state index in [1.807, 2.05) is 6.33 Å².